The number of ether oxygens (including phenoxy) is 2. The van der Waals surface area contributed by atoms with Gasteiger partial charge in [-0.2, -0.15) is 0 Å². The Balaban J connectivity index is 0.00000280. The Morgan fingerprint density at radius 1 is 1.04 bits per heavy atom. The summed E-state index contributed by atoms with van der Waals surface area (Å²) in [6.45, 7) is 1.57. The molecule has 3 rings (SSSR count). The maximum Gasteiger partial charge on any atom is 0.180 e. The van der Waals surface area contributed by atoms with E-state index >= 15 is 0 Å². The molecule has 0 aliphatic carbocycles. The van der Waals surface area contributed by atoms with Crippen molar-refractivity contribution >= 4 is 11.6 Å². The van der Waals surface area contributed by atoms with Crippen LogP contribution >= 0.6 is 11.6 Å². The third kappa shape index (κ3) is 6.09. The summed E-state index contributed by atoms with van der Waals surface area (Å²) in [5.74, 6) is 0.840. The zero-order valence-electron chi connectivity index (χ0n) is 15.3. The average Bonchev–Trinajstić information content (AvgIpc) is 2.69. The molecule has 0 aliphatic heterocycles. The molecule has 7 heteroatoms. The van der Waals surface area contributed by atoms with Crippen LogP contribution in [0.2, 0.25) is 5.02 Å². The molecule has 0 aliphatic rings. The molecule has 148 valence electrons. The van der Waals surface area contributed by atoms with Crippen LogP contribution in [0.5, 0.6) is 11.5 Å². The van der Waals surface area contributed by atoms with Gasteiger partial charge in [-0.05, 0) is 41.5 Å². The van der Waals surface area contributed by atoms with E-state index in [4.69, 9.17) is 21.1 Å². The second kappa shape index (κ2) is 10.9. The molecule has 4 nitrogen and oxygen atoms in total. The lowest BCUT2D eigenvalue weighted by Gasteiger charge is -2.14. The van der Waals surface area contributed by atoms with Crippen LogP contribution in [0.3, 0.4) is 0 Å². The molecule has 1 heterocycles. The number of nitrogens with one attached hydrogen (secondary N) is 1. The number of nitrogens with zero attached hydrogens (tertiary/aromatic N) is 1. The zero-order chi connectivity index (χ0) is 19.1. The van der Waals surface area contributed by atoms with Gasteiger partial charge in [0, 0.05) is 31.0 Å². The van der Waals surface area contributed by atoms with Crippen molar-refractivity contribution in [1.29, 1.82) is 0 Å². The molecule has 0 saturated carbocycles. The van der Waals surface area contributed by atoms with Gasteiger partial charge in [-0.25, -0.2) is 4.39 Å². The van der Waals surface area contributed by atoms with Crippen LogP contribution in [0, 0.1) is 5.82 Å². The topological polar surface area (TPSA) is 43.4 Å². The normalized spacial score (nSPS) is 10.2. The Bertz CT molecular complexity index is 878. The molecular weight excluding hydrogens is 402 g/mol. The maximum absolute atomic E-state index is 12.9. The van der Waals surface area contributed by atoms with Crippen molar-refractivity contribution in [2.45, 2.75) is 19.7 Å². The first kappa shape index (κ1) is 22.0. The Kier molecular flexibility index (Phi) is 8.51. The Morgan fingerprint density at radius 2 is 1.79 bits per heavy atom. The van der Waals surface area contributed by atoms with E-state index in [1.165, 1.54) is 12.1 Å². The third-order valence-electron chi connectivity index (χ3n) is 3.97. The summed E-state index contributed by atoms with van der Waals surface area (Å²) < 4.78 is 24.2. The number of methoxy groups -OCH3 is 1. The fourth-order valence-corrected chi connectivity index (χ4v) is 2.90. The SMILES string of the molecule is COc1cc(CNCc2ccc(F)cc2)cc(Cl)c1OCc1cccnc1.[Cl-]. The number of aromatic nitrogens is 1. The number of hydrogen-bond donors (Lipinski definition) is 1. The van der Waals surface area contributed by atoms with Crippen molar-refractivity contribution in [3.63, 3.8) is 0 Å². The Morgan fingerprint density at radius 3 is 2.46 bits per heavy atom. The molecule has 0 atom stereocenters. The van der Waals surface area contributed by atoms with Gasteiger partial charge in [-0.1, -0.05) is 29.8 Å². The van der Waals surface area contributed by atoms with E-state index in [9.17, 15) is 4.39 Å². The molecule has 0 amide bonds. The lowest BCUT2D eigenvalue weighted by Crippen LogP contribution is -3.00. The van der Waals surface area contributed by atoms with Crippen LogP contribution in [0.1, 0.15) is 16.7 Å². The monoisotopic (exact) mass is 421 g/mol. The number of rotatable bonds is 8. The molecule has 0 spiro atoms. The van der Waals surface area contributed by atoms with Gasteiger partial charge in [0.25, 0.3) is 0 Å². The van der Waals surface area contributed by atoms with E-state index in [0.29, 0.717) is 36.2 Å². The van der Waals surface area contributed by atoms with E-state index < -0.39 is 0 Å². The zero-order valence-corrected chi connectivity index (χ0v) is 16.8. The maximum atomic E-state index is 12.9. The van der Waals surface area contributed by atoms with Crippen LogP contribution in [-0.2, 0) is 19.7 Å². The van der Waals surface area contributed by atoms with Gasteiger partial charge in [0.2, 0.25) is 0 Å². The minimum atomic E-state index is -0.239. The summed E-state index contributed by atoms with van der Waals surface area (Å²) in [7, 11) is 1.58. The number of halogens is 3. The van der Waals surface area contributed by atoms with Crippen LogP contribution in [-0.4, -0.2) is 12.1 Å². The van der Waals surface area contributed by atoms with Gasteiger partial charge >= 0.3 is 0 Å². The molecule has 2 aromatic carbocycles. The van der Waals surface area contributed by atoms with Crippen molar-refractivity contribution in [2.24, 2.45) is 0 Å². The highest BCUT2D eigenvalue weighted by Gasteiger charge is 2.12. The van der Waals surface area contributed by atoms with Crippen molar-refractivity contribution in [1.82, 2.24) is 10.3 Å². The second-order valence-electron chi connectivity index (χ2n) is 5.99. The van der Waals surface area contributed by atoms with Crippen molar-refractivity contribution in [3.8, 4) is 11.5 Å². The Labute approximate surface area is 175 Å². The van der Waals surface area contributed by atoms with Crippen LogP contribution in [0.4, 0.5) is 4.39 Å². The molecule has 0 saturated heterocycles. The van der Waals surface area contributed by atoms with Crippen molar-refractivity contribution in [2.75, 3.05) is 7.11 Å². The van der Waals surface area contributed by atoms with Crippen LogP contribution in [0.15, 0.2) is 60.9 Å². The lowest BCUT2D eigenvalue weighted by atomic mass is 10.1. The summed E-state index contributed by atoms with van der Waals surface area (Å²) >= 11 is 6.40. The van der Waals surface area contributed by atoms with Crippen LogP contribution < -0.4 is 27.2 Å². The highest BCUT2D eigenvalue weighted by molar-refractivity contribution is 6.32. The number of hydrogen-bond acceptors (Lipinski definition) is 4. The average molecular weight is 422 g/mol. The molecule has 3 aromatic rings. The lowest BCUT2D eigenvalue weighted by molar-refractivity contribution is -0.00000660. The second-order valence-corrected chi connectivity index (χ2v) is 6.40. The van der Waals surface area contributed by atoms with Gasteiger partial charge in [-0.3, -0.25) is 4.98 Å². The van der Waals surface area contributed by atoms with Gasteiger partial charge in [0.15, 0.2) is 11.5 Å². The number of pyridine rings is 1. The van der Waals surface area contributed by atoms with Gasteiger partial charge in [-0.15, -0.1) is 0 Å². The van der Waals surface area contributed by atoms with Gasteiger partial charge < -0.3 is 27.2 Å². The third-order valence-corrected chi connectivity index (χ3v) is 4.25. The van der Waals surface area contributed by atoms with Crippen LogP contribution in [0.25, 0.3) is 0 Å². The standard InChI is InChI=1S/C21H20ClFN2O2.ClH/c1-26-20-10-17(13-25-11-15-4-6-18(23)7-5-15)9-19(22)21(20)27-14-16-3-2-8-24-12-16;/h2-10,12,25H,11,13-14H2,1H3;1H/p-1. The van der Waals surface area contributed by atoms with E-state index in [2.05, 4.69) is 10.3 Å². The predicted octanol–water partition coefficient (Wildman–Crippen LogP) is 1.76. The van der Waals surface area contributed by atoms with E-state index in [0.717, 1.165) is 16.7 Å². The first-order valence-corrected chi connectivity index (χ1v) is 8.87. The smallest absolute Gasteiger partial charge is 0.180 e. The predicted molar refractivity (Wildman–Crippen MR) is 104 cm³/mol. The molecule has 28 heavy (non-hydrogen) atoms. The highest BCUT2D eigenvalue weighted by atomic mass is 35.5. The minimum absolute atomic E-state index is 0. The van der Waals surface area contributed by atoms with E-state index in [1.54, 1.807) is 31.6 Å². The Hall–Kier alpha value is -2.34. The molecular formula is C21H20Cl2FN2O2-. The quantitative estimate of drug-likeness (QED) is 0.601. The first-order chi connectivity index (χ1) is 13.2. The van der Waals surface area contributed by atoms with E-state index in [-0.39, 0.29) is 18.2 Å². The van der Waals surface area contributed by atoms with Crippen molar-refractivity contribution in [3.05, 3.63) is 88.5 Å². The van der Waals surface area contributed by atoms with Gasteiger partial charge in [0.1, 0.15) is 12.4 Å². The summed E-state index contributed by atoms with van der Waals surface area (Å²) in [4.78, 5) is 4.07. The summed E-state index contributed by atoms with van der Waals surface area (Å²) in [5.41, 5.74) is 2.92. The summed E-state index contributed by atoms with van der Waals surface area (Å²) in [6.07, 6.45) is 3.46. The molecule has 0 unspecified atom stereocenters. The van der Waals surface area contributed by atoms with E-state index in [1.807, 2.05) is 24.3 Å². The first-order valence-electron chi connectivity index (χ1n) is 8.49. The fourth-order valence-electron chi connectivity index (χ4n) is 2.61. The summed E-state index contributed by atoms with van der Waals surface area (Å²) in [6, 6.07) is 13.9. The number of benzene rings is 2. The molecule has 0 radical (unpaired) electrons. The molecule has 0 fully saturated rings. The van der Waals surface area contributed by atoms with Crippen molar-refractivity contribution < 1.29 is 26.3 Å². The largest absolute Gasteiger partial charge is 1.00 e. The molecule has 0 bridgehead atoms. The van der Waals surface area contributed by atoms with Gasteiger partial charge in [0.05, 0.1) is 12.1 Å². The minimum Gasteiger partial charge on any atom is -1.00 e. The summed E-state index contributed by atoms with van der Waals surface area (Å²) in [5, 5.41) is 3.79. The molecule has 1 N–H and O–H groups in total. The molecule has 1 aromatic heterocycles. The highest BCUT2D eigenvalue weighted by Crippen LogP contribution is 2.37. The fraction of sp³-hybridized carbons (Fsp3) is 0.190.